The maximum Gasteiger partial charge on any atom is 0.178 e. The average Bonchev–Trinajstić information content (AvgIpc) is 2.64. The monoisotopic (exact) mass is 257 g/mol. The van der Waals surface area contributed by atoms with Gasteiger partial charge in [-0.2, -0.15) is 5.10 Å². The smallest absolute Gasteiger partial charge is 0.178 e. The summed E-state index contributed by atoms with van der Waals surface area (Å²) >= 11 is 0. The maximum atomic E-state index is 11.7. The number of H-pyrrole nitrogens is 1. The van der Waals surface area contributed by atoms with Crippen LogP contribution in [0.25, 0.3) is 0 Å². The van der Waals surface area contributed by atoms with Crippen molar-refractivity contribution in [2.45, 2.75) is 30.1 Å². The summed E-state index contributed by atoms with van der Waals surface area (Å²) in [5, 5.41) is 6.80. The standard InChI is InChI=1S/C11H19N3O2S/c1-11(5-4-6-14(2)8-11)10-9(7-12-13-10)17(3,15)16/h7H,4-6,8H2,1-3H3,(H,12,13)/t11-/m0/s1. The molecule has 0 amide bonds. The zero-order valence-corrected chi connectivity index (χ0v) is 11.3. The summed E-state index contributed by atoms with van der Waals surface area (Å²) in [4.78, 5) is 2.58. The molecular formula is C11H19N3O2S. The van der Waals surface area contributed by atoms with Gasteiger partial charge in [0.1, 0.15) is 4.90 Å². The van der Waals surface area contributed by atoms with Crippen molar-refractivity contribution in [2.75, 3.05) is 26.4 Å². The number of rotatable bonds is 2. The van der Waals surface area contributed by atoms with Crippen LogP contribution in [-0.4, -0.2) is 49.9 Å². The van der Waals surface area contributed by atoms with Gasteiger partial charge in [-0.15, -0.1) is 0 Å². The first-order valence-corrected chi connectivity index (χ1v) is 7.64. The molecule has 2 heterocycles. The number of likely N-dealkylation sites (tertiary alicyclic amines) is 1. The van der Waals surface area contributed by atoms with Gasteiger partial charge in [0.15, 0.2) is 9.84 Å². The molecule has 0 aliphatic carbocycles. The Morgan fingerprint density at radius 3 is 2.82 bits per heavy atom. The predicted molar refractivity (Wildman–Crippen MR) is 65.8 cm³/mol. The van der Waals surface area contributed by atoms with Crippen LogP contribution in [0, 0.1) is 0 Å². The number of piperidine rings is 1. The van der Waals surface area contributed by atoms with E-state index in [0.29, 0.717) is 4.90 Å². The van der Waals surface area contributed by atoms with E-state index in [1.54, 1.807) is 0 Å². The lowest BCUT2D eigenvalue weighted by Gasteiger charge is -2.38. The lowest BCUT2D eigenvalue weighted by Crippen LogP contribution is -2.43. The minimum Gasteiger partial charge on any atom is -0.305 e. The molecule has 0 radical (unpaired) electrons. The van der Waals surface area contributed by atoms with Crippen molar-refractivity contribution in [2.24, 2.45) is 0 Å². The molecule has 1 aliphatic heterocycles. The van der Waals surface area contributed by atoms with E-state index in [9.17, 15) is 8.42 Å². The van der Waals surface area contributed by atoms with Crippen LogP contribution in [0.2, 0.25) is 0 Å². The second-order valence-corrected chi connectivity index (χ2v) is 7.27. The van der Waals surface area contributed by atoms with Crippen LogP contribution in [0.4, 0.5) is 0 Å². The minimum absolute atomic E-state index is 0.151. The molecule has 0 aromatic carbocycles. The van der Waals surface area contributed by atoms with Crippen molar-refractivity contribution in [3.63, 3.8) is 0 Å². The van der Waals surface area contributed by atoms with Crippen LogP contribution < -0.4 is 0 Å². The first kappa shape index (κ1) is 12.6. The van der Waals surface area contributed by atoms with Crippen LogP contribution in [0.5, 0.6) is 0 Å². The number of likely N-dealkylation sites (N-methyl/N-ethyl adjacent to an activating group) is 1. The highest BCUT2D eigenvalue weighted by Crippen LogP contribution is 2.35. The molecule has 1 saturated heterocycles. The molecule has 0 spiro atoms. The van der Waals surface area contributed by atoms with Crippen LogP contribution in [0.15, 0.2) is 11.1 Å². The number of hydrogen-bond acceptors (Lipinski definition) is 4. The van der Waals surface area contributed by atoms with Gasteiger partial charge in [-0.3, -0.25) is 5.10 Å². The van der Waals surface area contributed by atoms with Crippen LogP contribution >= 0.6 is 0 Å². The van der Waals surface area contributed by atoms with Gasteiger partial charge in [-0.1, -0.05) is 6.92 Å². The van der Waals surface area contributed by atoms with Crippen LogP contribution in [0.3, 0.4) is 0 Å². The van der Waals surface area contributed by atoms with Gasteiger partial charge >= 0.3 is 0 Å². The highest BCUT2D eigenvalue weighted by atomic mass is 32.2. The molecule has 1 aromatic heterocycles. The van der Waals surface area contributed by atoms with Crippen molar-refractivity contribution in [1.29, 1.82) is 0 Å². The minimum atomic E-state index is -3.21. The zero-order chi connectivity index (χ0) is 12.7. The fraction of sp³-hybridized carbons (Fsp3) is 0.727. The molecule has 1 aliphatic rings. The Balaban J connectivity index is 2.43. The van der Waals surface area contributed by atoms with Gasteiger partial charge in [0.2, 0.25) is 0 Å². The number of aromatic nitrogens is 2. The number of nitrogens with zero attached hydrogens (tertiary/aromatic N) is 2. The van der Waals surface area contributed by atoms with Crippen molar-refractivity contribution in [3.05, 3.63) is 11.9 Å². The summed E-state index contributed by atoms with van der Waals surface area (Å²) in [6.45, 7) is 4.03. The molecule has 0 bridgehead atoms. The molecule has 17 heavy (non-hydrogen) atoms. The molecule has 2 rings (SSSR count). The van der Waals surface area contributed by atoms with Gasteiger partial charge in [0.25, 0.3) is 0 Å². The highest BCUT2D eigenvalue weighted by molar-refractivity contribution is 7.90. The number of aromatic amines is 1. The molecule has 1 fully saturated rings. The summed E-state index contributed by atoms with van der Waals surface area (Å²) in [6, 6.07) is 0. The van der Waals surface area contributed by atoms with Gasteiger partial charge in [-0.05, 0) is 26.4 Å². The first-order valence-electron chi connectivity index (χ1n) is 5.75. The Morgan fingerprint density at radius 2 is 2.24 bits per heavy atom. The first-order chi connectivity index (χ1) is 7.83. The lowest BCUT2D eigenvalue weighted by molar-refractivity contribution is 0.183. The second-order valence-electron chi connectivity index (χ2n) is 5.28. The van der Waals surface area contributed by atoms with Gasteiger partial charge < -0.3 is 4.90 Å². The Kier molecular flexibility index (Phi) is 3.03. The van der Waals surface area contributed by atoms with E-state index >= 15 is 0 Å². The fourth-order valence-corrected chi connectivity index (χ4v) is 3.59. The van der Waals surface area contributed by atoms with Gasteiger partial charge in [0.05, 0.1) is 11.9 Å². The Bertz CT molecular complexity index is 509. The fourth-order valence-electron chi connectivity index (χ4n) is 2.69. The van der Waals surface area contributed by atoms with Gasteiger partial charge in [0, 0.05) is 18.2 Å². The summed E-state index contributed by atoms with van der Waals surface area (Å²) < 4.78 is 23.4. The van der Waals surface area contributed by atoms with E-state index in [2.05, 4.69) is 29.1 Å². The quantitative estimate of drug-likeness (QED) is 0.851. The number of nitrogens with one attached hydrogen (secondary N) is 1. The summed E-state index contributed by atoms with van der Waals surface area (Å²) in [5.74, 6) is 0. The SMILES string of the molecule is CN1CCC[C@](C)(c2[nH]ncc2S(C)(=O)=O)C1. The van der Waals surface area contributed by atoms with Crippen molar-refractivity contribution >= 4 is 9.84 Å². The van der Waals surface area contributed by atoms with E-state index in [-0.39, 0.29) is 5.41 Å². The third-order valence-corrected chi connectivity index (χ3v) is 4.60. The molecule has 1 N–H and O–H groups in total. The van der Waals surface area contributed by atoms with Gasteiger partial charge in [-0.25, -0.2) is 8.42 Å². The number of sulfone groups is 1. The zero-order valence-electron chi connectivity index (χ0n) is 10.5. The van der Waals surface area contributed by atoms with Crippen LogP contribution in [-0.2, 0) is 15.3 Å². The molecule has 0 saturated carbocycles. The van der Waals surface area contributed by atoms with Crippen molar-refractivity contribution in [1.82, 2.24) is 15.1 Å². The molecule has 0 unspecified atom stereocenters. The third-order valence-electron chi connectivity index (χ3n) is 3.49. The Morgan fingerprint density at radius 1 is 1.53 bits per heavy atom. The Labute approximate surface area is 102 Å². The molecule has 5 nitrogen and oxygen atoms in total. The average molecular weight is 257 g/mol. The predicted octanol–water partition coefficient (Wildman–Crippen LogP) is 0.796. The van der Waals surface area contributed by atoms with Crippen LogP contribution in [0.1, 0.15) is 25.5 Å². The molecule has 6 heteroatoms. The molecule has 1 aromatic rings. The lowest BCUT2D eigenvalue weighted by atomic mass is 9.79. The van der Waals surface area contributed by atoms with Crippen molar-refractivity contribution < 1.29 is 8.42 Å². The van der Waals surface area contributed by atoms with E-state index in [1.807, 2.05) is 0 Å². The van der Waals surface area contributed by atoms with E-state index in [1.165, 1.54) is 12.5 Å². The Hall–Kier alpha value is -0.880. The number of hydrogen-bond donors (Lipinski definition) is 1. The molecular weight excluding hydrogens is 238 g/mol. The van der Waals surface area contributed by atoms with E-state index < -0.39 is 9.84 Å². The summed E-state index contributed by atoms with van der Waals surface area (Å²) in [6.07, 6.45) is 4.72. The second kappa shape index (κ2) is 4.10. The summed E-state index contributed by atoms with van der Waals surface area (Å²) in [5.41, 5.74) is 0.605. The summed E-state index contributed by atoms with van der Waals surface area (Å²) in [7, 11) is -1.14. The normalized spacial score (nSPS) is 27.2. The third kappa shape index (κ3) is 2.37. The molecule has 1 atom stereocenters. The van der Waals surface area contributed by atoms with E-state index in [0.717, 1.165) is 31.6 Å². The maximum absolute atomic E-state index is 11.7. The largest absolute Gasteiger partial charge is 0.305 e. The van der Waals surface area contributed by atoms with E-state index in [4.69, 9.17) is 0 Å². The highest BCUT2D eigenvalue weighted by Gasteiger charge is 2.36. The van der Waals surface area contributed by atoms with Crippen molar-refractivity contribution in [3.8, 4) is 0 Å². The molecule has 96 valence electrons. The topological polar surface area (TPSA) is 66.1 Å².